The summed E-state index contributed by atoms with van der Waals surface area (Å²) in [5, 5.41) is 10.2. The van der Waals surface area contributed by atoms with E-state index >= 15 is 0 Å². The van der Waals surface area contributed by atoms with Crippen molar-refractivity contribution in [1.82, 2.24) is 15.5 Å². The lowest BCUT2D eigenvalue weighted by atomic mass is 9.68. The minimum Gasteiger partial charge on any atom is -0.317 e. The van der Waals surface area contributed by atoms with Crippen LogP contribution in [0.25, 0.3) is 11.1 Å². The quantitative estimate of drug-likeness (QED) is 0.768. The van der Waals surface area contributed by atoms with Gasteiger partial charge < -0.3 is 5.32 Å². The highest BCUT2D eigenvalue weighted by Gasteiger charge is 2.37. The van der Waals surface area contributed by atoms with Crippen LogP contribution in [0.2, 0.25) is 0 Å². The van der Waals surface area contributed by atoms with Crippen molar-refractivity contribution >= 4 is 0 Å². The molecule has 1 aliphatic rings. The average molecular weight is 321 g/mol. The molecule has 0 bridgehead atoms. The van der Waals surface area contributed by atoms with E-state index < -0.39 is 0 Å². The van der Waals surface area contributed by atoms with Crippen LogP contribution in [0, 0.1) is 5.82 Å². The molecule has 2 N–H and O–H groups in total. The van der Waals surface area contributed by atoms with E-state index in [1.54, 1.807) is 12.1 Å². The summed E-state index contributed by atoms with van der Waals surface area (Å²) in [6, 6.07) is 15.7. The predicted octanol–water partition coefficient (Wildman–Crippen LogP) is 3.89. The van der Waals surface area contributed by atoms with Crippen LogP contribution in [0.5, 0.6) is 0 Å². The number of piperidine rings is 1. The average Bonchev–Trinajstić information content (AvgIpc) is 3.18. The Morgan fingerprint density at radius 3 is 2.33 bits per heavy atom. The molecular weight excluding hydrogens is 301 g/mol. The van der Waals surface area contributed by atoms with Gasteiger partial charge in [-0.15, -0.1) is 0 Å². The molecule has 0 unspecified atom stereocenters. The van der Waals surface area contributed by atoms with Gasteiger partial charge in [-0.25, -0.2) is 4.39 Å². The van der Waals surface area contributed by atoms with Crippen LogP contribution < -0.4 is 5.32 Å². The molecule has 0 radical (unpaired) electrons. The van der Waals surface area contributed by atoms with Crippen molar-refractivity contribution in [3.8, 4) is 11.1 Å². The lowest BCUT2D eigenvalue weighted by Crippen LogP contribution is -2.41. The minimum atomic E-state index is -0.258. The van der Waals surface area contributed by atoms with E-state index in [1.807, 2.05) is 24.5 Å². The van der Waals surface area contributed by atoms with Gasteiger partial charge >= 0.3 is 0 Å². The van der Waals surface area contributed by atoms with Crippen LogP contribution in [-0.2, 0) is 5.41 Å². The number of hydrogen-bond acceptors (Lipinski definition) is 2. The molecule has 1 aliphatic heterocycles. The molecule has 1 fully saturated rings. The molecule has 24 heavy (non-hydrogen) atoms. The highest BCUT2D eigenvalue weighted by Crippen LogP contribution is 2.41. The van der Waals surface area contributed by atoms with Crippen LogP contribution in [0.3, 0.4) is 0 Å². The molecule has 0 aliphatic carbocycles. The Morgan fingerprint density at radius 2 is 1.67 bits per heavy atom. The molecular formula is C20H20FN3. The van der Waals surface area contributed by atoms with Crippen LogP contribution in [-0.4, -0.2) is 23.3 Å². The van der Waals surface area contributed by atoms with E-state index in [2.05, 4.69) is 39.8 Å². The molecule has 1 aromatic heterocycles. The fourth-order valence-corrected chi connectivity index (χ4v) is 3.81. The van der Waals surface area contributed by atoms with Crippen molar-refractivity contribution in [3.05, 3.63) is 77.9 Å². The van der Waals surface area contributed by atoms with E-state index in [0.29, 0.717) is 0 Å². The third-order valence-corrected chi connectivity index (χ3v) is 5.12. The lowest BCUT2D eigenvalue weighted by molar-refractivity contribution is 0.350. The van der Waals surface area contributed by atoms with Crippen LogP contribution in [0.15, 0.2) is 60.9 Å². The molecule has 122 valence electrons. The molecule has 4 heteroatoms. The van der Waals surface area contributed by atoms with Crippen LogP contribution in [0.1, 0.15) is 24.0 Å². The van der Waals surface area contributed by atoms with Crippen molar-refractivity contribution in [2.75, 3.05) is 13.1 Å². The van der Waals surface area contributed by atoms with Crippen molar-refractivity contribution < 1.29 is 4.39 Å². The van der Waals surface area contributed by atoms with Gasteiger partial charge in [-0.05, 0) is 48.7 Å². The molecule has 2 heterocycles. The number of nitrogens with one attached hydrogen (secondary N) is 2. The van der Waals surface area contributed by atoms with E-state index in [0.717, 1.165) is 42.6 Å². The molecule has 0 saturated carbocycles. The Labute approximate surface area is 140 Å². The van der Waals surface area contributed by atoms with Gasteiger partial charge in [0.2, 0.25) is 0 Å². The predicted molar refractivity (Wildman–Crippen MR) is 93.3 cm³/mol. The van der Waals surface area contributed by atoms with Gasteiger partial charge in [-0.3, -0.25) is 5.10 Å². The summed E-state index contributed by atoms with van der Waals surface area (Å²) < 4.78 is 14.6. The van der Waals surface area contributed by atoms with Gasteiger partial charge in [0.25, 0.3) is 0 Å². The van der Waals surface area contributed by atoms with Gasteiger partial charge in [-0.2, -0.15) is 5.10 Å². The van der Waals surface area contributed by atoms with E-state index in [9.17, 15) is 4.39 Å². The largest absolute Gasteiger partial charge is 0.317 e. The van der Waals surface area contributed by atoms with Gasteiger partial charge in [0, 0.05) is 17.2 Å². The maximum absolute atomic E-state index is 14.6. The second-order valence-corrected chi connectivity index (χ2v) is 6.38. The first kappa shape index (κ1) is 15.1. The van der Waals surface area contributed by atoms with Gasteiger partial charge in [0.05, 0.1) is 6.20 Å². The summed E-state index contributed by atoms with van der Waals surface area (Å²) in [5.74, 6) is -0.113. The van der Waals surface area contributed by atoms with Crippen LogP contribution >= 0.6 is 0 Å². The Kier molecular flexibility index (Phi) is 3.90. The van der Waals surface area contributed by atoms with Gasteiger partial charge in [0.1, 0.15) is 5.82 Å². The Morgan fingerprint density at radius 1 is 0.917 bits per heavy atom. The van der Waals surface area contributed by atoms with Gasteiger partial charge in [-0.1, -0.05) is 42.5 Å². The zero-order valence-corrected chi connectivity index (χ0v) is 13.4. The molecule has 2 aromatic carbocycles. The Bertz CT molecular complexity index is 803. The summed E-state index contributed by atoms with van der Waals surface area (Å²) in [4.78, 5) is 0. The zero-order chi connectivity index (χ0) is 16.4. The first-order valence-corrected chi connectivity index (χ1v) is 8.35. The first-order chi connectivity index (χ1) is 11.8. The smallest absolute Gasteiger partial charge is 0.127 e. The molecule has 0 atom stereocenters. The number of hydrogen-bond donors (Lipinski definition) is 2. The molecule has 4 rings (SSSR count). The van der Waals surface area contributed by atoms with E-state index in [4.69, 9.17) is 0 Å². The Balaban J connectivity index is 1.78. The number of H-pyrrole nitrogens is 1. The summed E-state index contributed by atoms with van der Waals surface area (Å²) >= 11 is 0. The fraction of sp³-hybridized carbons (Fsp3) is 0.250. The van der Waals surface area contributed by atoms with Crippen molar-refractivity contribution in [3.63, 3.8) is 0 Å². The van der Waals surface area contributed by atoms with E-state index in [1.165, 1.54) is 5.56 Å². The summed E-state index contributed by atoms with van der Waals surface area (Å²) in [5.41, 5.74) is 3.91. The second-order valence-electron chi connectivity index (χ2n) is 6.38. The van der Waals surface area contributed by atoms with Crippen molar-refractivity contribution in [2.24, 2.45) is 0 Å². The topological polar surface area (TPSA) is 40.7 Å². The normalized spacial score (nSPS) is 16.9. The number of nitrogens with zero attached hydrogens (tertiary/aromatic N) is 1. The number of aromatic amines is 1. The maximum atomic E-state index is 14.6. The zero-order valence-electron chi connectivity index (χ0n) is 13.4. The molecule has 1 saturated heterocycles. The standard InChI is InChI=1S/C20H20FN3/c21-19-4-2-1-3-18(19)20(9-11-22-12-10-20)17-7-5-15(6-8-17)16-13-23-24-14-16/h1-8,13-14,22H,9-12H2,(H,23,24). The highest BCUT2D eigenvalue weighted by atomic mass is 19.1. The minimum absolute atomic E-state index is 0.113. The number of rotatable bonds is 3. The monoisotopic (exact) mass is 321 g/mol. The number of halogens is 1. The highest BCUT2D eigenvalue weighted by molar-refractivity contribution is 5.62. The third-order valence-electron chi connectivity index (χ3n) is 5.12. The van der Waals surface area contributed by atoms with Gasteiger partial charge in [0.15, 0.2) is 0 Å². The fourth-order valence-electron chi connectivity index (χ4n) is 3.81. The first-order valence-electron chi connectivity index (χ1n) is 8.35. The summed E-state index contributed by atoms with van der Waals surface area (Å²) in [7, 11) is 0. The number of benzene rings is 2. The second kappa shape index (κ2) is 6.21. The molecule has 0 amide bonds. The maximum Gasteiger partial charge on any atom is 0.127 e. The van der Waals surface area contributed by atoms with Crippen molar-refractivity contribution in [2.45, 2.75) is 18.3 Å². The van der Waals surface area contributed by atoms with Crippen molar-refractivity contribution in [1.29, 1.82) is 0 Å². The molecule has 3 aromatic rings. The lowest BCUT2D eigenvalue weighted by Gasteiger charge is -2.39. The SMILES string of the molecule is Fc1ccccc1C1(c2ccc(-c3cn[nH]c3)cc2)CCNCC1. The number of aromatic nitrogens is 2. The summed E-state index contributed by atoms with van der Waals surface area (Å²) in [6.45, 7) is 1.80. The van der Waals surface area contributed by atoms with Crippen LogP contribution in [0.4, 0.5) is 4.39 Å². The third kappa shape index (κ3) is 2.53. The Hall–Kier alpha value is -2.46. The molecule has 0 spiro atoms. The van der Waals surface area contributed by atoms with E-state index in [-0.39, 0.29) is 11.2 Å². The summed E-state index contributed by atoms with van der Waals surface area (Å²) in [6.07, 6.45) is 5.50. The molecule has 3 nitrogen and oxygen atoms in total.